The molecule has 0 rings (SSSR count). The monoisotopic (exact) mass is 125 g/mol. The van der Waals surface area contributed by atoms with E-state index in [-0.39, 0.29) is 0 Å². The molecule has 0 amide bonds. The maximum Gasteiger partial charge on any atom is 0.137 e. The fourth-order valence-corrected chi connectivity index (χ4v) is 0.232. The third-order valence-electron chi connectivity index (χ3n) is 0.873. The molecular formula is C6H11N3. The third kappa shape index (κ3) is 4.87. The molecule has 50 valence electrons. The van der Waals surface area contributed by atoms with Crippen LogP contribution in [0.15, 0.2) is 15.2 Å². The van der Waals surface area contributed by atoms with Crippen molar-refractivity contribution in [1.29, 1.82) is 0 Å². The number of aliphatic imine (C=N–C) groups is 1. The van der Waals surface area contributed by atoms with Crippen LogP contribution in [0.3, 0.4) is 0 Å². The molecule has 0 atom stereocenters. The molecule has 0 aliphatic heterocycles. The minimum atomic E-state index is 0.925. The van der Waals surface area contributed by atoms with Gasteiger partial charge in [-0.3, -0.25) is 4.99 Å². The van der Waals surface area contributed by atoms with Crippen molar-refractivity contribution in [2.75, 3.05) is 0 Å². The highest BCUT2D eigenvalue weighted by Gasteiger charge is 1.79. The Morgan fingerprint density at radius 3 is 2.78 bits per heavy atom. The fraction of sp³-hybridized carbons (Fsp3) is 0.500. The Labute approximate surface area is 55.2 Å². The normalized spacial score (nSPS) is 12.4. The first-order chi connectivity index (χ1) is 4.31. The summed E-state index contributed by atoms with van der Waals surface area (Å²) in [6.45, 7) is 7.16. The van der Waals surface area contributed by atoms with Crippen LogP contribution >= 0.6 is 0 Å². The van der Waals surface area contributed by atoms with Gasteiger partial charge in [-0.25, -0.2) is 0 Å². The minimum Gasteiger partial charge on any atom is -0.251 e. The molecule has 0 saturated carbocycles. The summed E-state index contributed by atoms with van der Waals surface area (Å²) in [6, 6.07) is 0. The first-order valence-electron chi connectivity index (χ1n) is 2.82. The van der Waals surface area contributed by atoms with Crippen molar-refractivity contribution < 1.29 is 0 Å². The maximum absolute atomic E-state index is 3.78. The molecule has 0 heterocycles. The van der Waals surface area contributed by atoms with Crippen LogP contribution in [0.1, 0.15) is 20.3 Å². The van der Waals surface area contributed by atoms with E-state index in [1.54, 1.807) is 0 Å². The zero-order valence-electron chi connectivity index (χ0n) is 5.83. The van der Waals surface area contributed by atoms with Crippen LogP contribution in [0, 0.1) is 0 Å². The van der Waals surface area contributed by atoms with Crippen LogP contribution < -0.4 is 0 Å². The molecule has 0 aliphatic rings. The molecule has 0 aromatic carbocycles. The van der Waals surface area contributed by atoms with Gasteiger partial charge in [0, 0.05) is 5.71 Å². The number of rotatable bonds is 3. The van der Waals surface area contributed by atoms with Gasteiger partial charge in [0.2, 0.25) is 0 Å². The van der Waals surface area contributed by atoms with Gasteiger partial charge < -0.3 is 0 Å². The predicted molar refractivity (Wildman–Crippen MR) is 41.4 cm³/mol. The molecule has 0 radical (unpaired) electrons. The molecule has 0 saturated heterocycles. The van der Waals surface area contributed by atoms with E-state index in [1.165, 1.54) is 6.34 Å². The van der Waals surface area contributed by atoms with E-state index >= 15 is 0 Å². The van der Waals surface area contributed by atoms with Crippen LogP contribution in [-0.2, 0) is 0 Å². The second-order valence-corrected chi connectivity index (χ2v) is 1.60. The number of hydrogen-bond donors (Lipinski definition) is 0. The highest BCUT2D eigenvalue weighted by Crippen LogP contribution is 1.83. The summed E-state index contributed by atoms with van der Waals surface area (Å²) in [6.07, 6.45) is 2.24. The molecule has 9 heavy (non-hydrogen) atoms. The van der Waals surface area contributed by atoms with Crippen LogP contribution in [0.2, 0.25) is 0 Å². The zero-order chi connectivity index (χ0) is 7.11. The maximum atomic E-state index is 3.78. The van der Waals surface area contributed by atoms with Crippen LogP contribution in [-0.4, -0.2) is 18.8 Å². The lowest BCUT2D eigenvalue weighted by Crippen LogP contribution is -1.83. The molecule has 0 unspecified atom stereocenters. The Hall–Kier alpha value is -0.990. The summed E-state index contributed by atoms with van der Waals surface area (Å²) in [5, 5.41) is 7.38. The van der Waals surface area contributed by atoms with Gasteiger partial charge in [-0.15, -0.1) is 5.10 Å². The van der Waals surface area contributed by atoms with E-state index in [0.717, 1.165) is 12.1 Å². The van der Waals surface area contributed by atoms with Gasteiger partial charge in [-0.1, -0.05) is 6.92 Å². The summed E-state index contributed by atoms with van der Waals surface area (Å²) < 4.78 is 0. The lowest BCUT2D eigenvalue weighted by atomic mass is 10.3. The zero-order valence-corrected chi connectivity index (χ0v) is 5.83. The minimum absolute atomic E-state index is 0.925. The Morgan fingerprint density at radius 1 is 1.67 bits per heavy atom. The summed E-state index contributed by atoms with van der Waals surface area (Å²) >= 11 is 0. The number of hydrogen-bond acceptors (Lipinski definition) is 2. The fourth-order valence-electron chi connectivity index (χ4n) is 0.232. The smallest absolute Gasteiger partial charge is 0.137 e. The van der Waals surface area contributed by atoms with E-state index in [0.29, 0.717) is 0 Å². The van der Waals surface area contributed by atoms with E-state index in [2.05, 4.69) is 21.9 Å². The number of nitrogens with zero attached hydrogens (tertiary/aromatic N) is 3. The van der Waals surface area contributed by atoms with Gasteiger partial charge in [0.15, 0.2) is 0 Å². The lowest BCUT2D eigenvalue weighted by molar-refractivity contribution is 1.16. The van der Waals surface area contributed by atoms with Crippen molar-refractivity contribution >= 4 is 18.8 Å². The Bertz CT molecular complexity index is 135. The summed E-state index contributed by atoms with van der Waals surface area (Å²) in [5.41, 5.74) is 0.995. The van der Waals surface area contributed by atoms with E-state index in [1.807, 2.05) is 13.8 Å². The first-order valence-corrected chi connectivity index (χ1v) is 2.82. The van der Waals surface area contributed by atoms with Crippen LogP contribution in [0.25, 0.3) is 0 Å². The molecule has 0 N–H and O–H groups in total. The van der Waals surface area contributed by atoms with Gasteiger partial charge in [0.25, 0.3) is 0 Å². The van der Waals surface area contributed by atoms with Gasteiger partial charge in [-0.05, 0) is 20.1 Å². The highest BCUT2D eigenvalue weighted by atomic mass is 15.2. The molecule has 3 nitrogen and oxygen atoms in total. The van der Waals surface area contributed by atoms with Gasteiger partial charge in [-0.2, -0.15) is 5.10 Å². The third-order valence-corrected chi connectivity index (χ3v) is 0.873. The summed E-state index contributed by atoms with van der Waals surface area (Å²) in [5.74, 6) is 0. The van der Waals surface area contributed by atoms with Gasteiger partial charge in [0.1, 0.15) is 6.34 Å². The second kappa shape index (κ2) is 5.15. The van der Waals surface area contributed by atoms with E-state index < -0.39 is 0 Å². The van der Waals surface area contributed by atoms with Crippen molar-refractivity contribution in [1.82, 2.24) is 0 Å². The van der Waals surface area contributed by atoms with Gasteiger partial charge in [0.05, 0.1) is 0 Å². The quantitative estimate of drug-likeness (QED) is 0.311. The molecule has 0 fully saturated rings. The van der Waals surface area contributed by atoms with Crippen molar-refractivity contribution in [3.05, 3.63) is 0 Å². The Balaban J connectivity index is 3.67. The van der Waals surface area contributed by atoms with Crippen molar-refractivity contribution in [2.24, 2.45) is 15.2 Å². The van der Waals surface area contributed by atoms with Crippen LogP contribution in [0.4, 0.5) is 0 Å². The predicted octanol–water partition coefficient (Wildman–Crippen LogP) is 1.50. The largest absolute Gasteiger partial charge is 0.251 e. The van der Waals surface area contributed by atoms with E-state index in [9.17, 15) is 0 Å². The molecule has 3 heteroatoms. The summed E-state index contributed by atoms with van der Waals surface area (Å²) in [4.78, 5) is 3.39. The molecule has 0 aliphatic carbocycles. The molecule has 0 spiro atoms. The van der Waals surface area contributed by atoms with E-state index in [4.69, 9.17) is 0 Å². The molecule has 0 aromatic rings. The first kappa shape index (κ1) is 8.01. The summed E-state index contributed by atoms with van der Waals surface area (Å²) in [7, 11) is 0. The SMILES string of the molecule is C=N/C=N\N=C(\C)CC. The standard InChI is InChI=1S/C6H11N3/c1-4-6(2)9-8-5-7-3/h5H,3-4H2,1-2H3/b8-5-,9-6-. The molecular weight excluding hydrogens is 114 g/mol. The molecule has 0 aromatic heterocycles. The van der Waals surface area contributed by atoms with Crippen molar-refractivity contribution in [3.8, 4) is 0 Å². The second-order valence-electron chi connectivity index (χ2n) is 1.60. The topological polar surface area (TPSA) is 37.1 Å². The van der Waals surface area contributed by atoms with Crippen molar-refractivity contribution in [3.63, 3.8) is 0 Å². The van der Waals surface area contributed by atoms with Crippen LogP contribution in [0.5, 0.6) is 0 Å². The molecule has 0 bridgehead atoms. The average Bonchev–Trinajstić information content (AvgIpc) is 1.89. The Kier molecular flexibility index (Phi) is 4.59. The van der Waals surface area contributed by atoms with Gasteiger partial charge >= 0.3 is 0 Å². The average molecular weight is 125 g/mol. The Morgan fingerprint density at radius 2 is 2.33 bits per heavy atom. The van der Waals surface area contributed by atoms with Crippen molar-refractivity contribution in [2.45, 2.75) is 20.3 Å². The highest BCUT2D eigenvalue weighted by molar-refractivity contribution is 5.81. The lowest BCUT2D eigenvalue weighted by Gasteiger charge is -1.84.